The van der Waals surface area contributed by atoms with E-state index in [9.17, 15) is 5.11 Å². The van der Waals surface area contributed by atoms with Gasteiger partial charge in [-0.05, 0) is 29.1 Å². The van der Waals surface area contributed by atoms with Gasteiger partial charge in [0.2, 0.25) is 0 Å². The van der Waals surface area contributed by atoms with Crippen LogP contribution in [0.3, 0.4) is 0 Å². The van der Waals surface area contributed by atoms with Gasteiger partial charge in [-0.2, -0.15) is 0 Å². The lowest BCUT2D eigenvalue weighted by molar-refractivity contribution is 0.277. The zero-order valence-corrected chi connectivity index (χ0v) is 12.1. The zero-order chi connectivity index (χ0) is 13.9. The molecule has 0 aliphatic carbocycles. The van der Waals surface area contributed by atoms with Crippen LogP contribution in [0.2, 0.25) is 5.02 Å². The van der Waals surface area contributed by atoms with Crippen molar-refractivity contribution in [1.82, 2.24) is 15.0 Å². The maximum Gasteiger partial charge on any atom is 0.117 e. The predicted octanol–water partition coefficient (Wildman–Crippen LogP) is 3.20. The summed E-state index contributed by atoms with van der Waals surface area (Å²) in [5, 5.41) is 20.3. The monoisotopic (exact) mass is 305 g/mol. The van der Waals surface area contributed by atoms with E-state index in [1.807, 2.05) is 41.8 Å². The van der Waals surface area contributed by atoms with Gasteiger partial charge in [0.05, 0.1) is 18.0 Å². The van der Waals surface area contributed by atoms with Gasteiger partial charge in [0, 0.05) is 5.02 Å². The second-order valence-electron chi connectivity index (χ2n) is 4.31. The first kappa shape index (κ1) is 13.3. The molecular formula is C14H12ClN3OS. The second kappa shape index (κ2) is 5.75. The highest BCUT2D eigenvalue weighted by Crippen LogP contribution is 2.27. The molecule has 3 aromatic rings. The summed E-state index contributed by atoms with van der Waals surface area (Å²) in [5.74, 6) is 0. The first-order chi connectivity index (χ1) is 9.78. The van der Waals surface area contributed by atoms with E-state index in [0.29, 0.717) is 17.3 Å². The smallest absolute Gasteiger partial charge is 0.117 e. The number of aliphatic hydroxyl groups excluding tert-OH is 1. The molecule has 2 heterocycles. The first-order valence-electron chi connectivity index (χ1n) is 6.09. The molecule has 0 aliphatic heterocycles. The zero-order valence-electron chi connectivity index (χ0n) is 10.5. The highest BCUT2D eigenvalue weighted by molar-refractivity contribution is 7.13. The van der Waals surface area contributed by atoms with Crippen LogP contribution in [0.5, 0.6) is 0 Å². The third-order valence-electron chi connectivity index (χ3n) is 2.93. The molecule has 0 atom stereocenters. The molecule has 0 saturated carbocycles. The van der Waals surface area contributed by atoms with Gasteiger partial charge in [-0.3, -0.25) is 0 Å². The van der Waals surface area contributed by atoms with Crippen molar-refractivity contribution in [1.29, 1.82) is 0 Å². The molecule has 0 unspecified atom stereocenters. The van der Waals surface area contributed by atoms with Crippen LogP contribution >= 0.6 is 22.9 Å². The average molecular weight is 306 g/mol. The van der Waals surface area contributed by atoms with E-state index in [-0.39, 0.29) is 6.61 Å². The van der Waals surface area contributed by atoms with Crippen molar-refractivity contribution >= 4 is 22.9 Å². The van der Waals surface area contributed by atoms with Gasteiger partial charge in [-0.15, -0.1) is 16.4 Å². The summed E-state index contributed by atoms with van der Waals surface area (Å²) >= 11 is 7.60. The molecule has 0 bridgehead atoms. The van der Waals surface area contributed by atoms with Gasteiger partial charge >= 0.3 is 0 Å². The van der Waals surface area contributed by atoms with E-state index in [1.54, 1.807) is 16.0 Å². The van der Waals surface area contributed by atoms with E-state index in [0.717, 1.165) is 16.1 Å². The van der Waals surface area contributed by atoms with E-state index in [2.05, 4.69) is 10.3 Å². The largest absolute Gasteiger partial charge is 0.390 e. The summed E-state index contributed by atoms with van der Waals surface area (Å²) in [4.78, 5) is 1.04. The molecule has 0 amide bonds. The Bertz CT molecular complexity index is 709. The Hall–Kier alpha value is -1.69. The normalized spacial score (nSPS) is 10.9. The molecular weight excluding hydrogens is 294 g/mol. The maximum absolute atomic E-state index is 9.41. The second-order valence-corrected chi connectivity index (χ2v) is 5.69. The molecule has 0 saturated heterocycles. The molecule has 1 aromatic carbocycles. The molecule has 3 rings (SSSR count). The Morgan fingerprint density at radius 3 is 2.85 bits per heavy atom. The molecule has 2 aromatic heterocycles. The predicted molar refractivity (Wildman–Crippen MR) is 79.8 cm³/mol. The van der Waals surface area contributed by atoms with Gasteiger partial charge in [-0.1, -0.05) is 35.0 Å². The molecule has 102 valence electrons. The van der Waals surface area contributed by atoms with Crippen LogP contribution in [0, 0.1) is 0 Å². The van der Waals surface area contributed by atoms with Gasteiger partial charge in [-0.25, -0.2) is 4.68 Å². The minimum absolute atomic E-state index is 0.122. The van der Waals surface area contributed by atoms with Crippen molar-refractivity contribution in [2.45, 2.75) is 13.2 Å². The number of nitrogens with zero attached hydrogens (tertiary/aromatic N) is 3. The Kier molecular flexibility index (Phi) is 3.82. The SMILES string of the molecule is OCc1nnn(Cc2cccc(Cl)c2)c1-c1cccs1. The van der Waals surface area contributed by atoms with Crippen LogP contribution in [-0.2, 0) is 13.2 Å². The summed E-state index contributed by atoms with van der Waals surface area (Å²) in [6.07, 6.45) is 0. The van der Waals surface area contributed by atoms with Crippen LogP contribution in [0.15, 0.2) is 41.8 Å². The number of halogens is 1. The Morgan fingerprint density at radius 1 is 1.25 bits per heavy atom. The number of aromatic nitrogens is 3. The molecule has 4 nitrogen and oxygen atoms in total. The molecule has 0 fully saturated rings. The number of benzene rings is 1. The van der Waals surface area contributed by atoms with Crippen LogP contribution < -0.4 is 0 Å². The van der Waals surface area contributed by atoms with Crippen LogP contribution in [0.25, 0.3) is 10.6 Å². The number of rotatable bonds is 4. The molecule has 6 heteroatoms. The fraction of sp³-hybridized carbons (Fsp3) is 0.143. The van der Waals surface area contributed by atoms with Crippen molar-refractivity contribution in [2.75, 3.05) is 0 Å². The summed E-state index contributed by atoms with van der Waals surface area (Å²) in [7, 11) is 0. The van der Waals surface area contributed by atoms with Gasteiger partial charge < -0.3 is 5.11 Å². The van der Waals surface area contributed by atoms with E-state index < -0.39 is 0 Å². The number of thiophene rings is 1. The Labute approximate surface area is 125 Å². The minimum atomic E-state index is -0.122. The van der Waals surface area contributed by atoms with Crippen molar-refractivity contribution in [3.63, 3.8) is 0 Å². The summed E-state index contributed by atoms with van der Waals surface area (Å²) in [5.41, 5.74) is 2.50. The van der Waals surface area contributed by atoms with Crippen molar-refractivity contribution < 1.29 is 5.11 Å². The van der Waals surface area contributed by atoms with Gasteiger partial charge in [0.25, 0.3) is 0 Å². The van der Waals surface area contributed by atoms with Gasteiger partial charge in [0.1, 0.15) is 11.4 Å². The van der Waals surface area contributed by atoms with Crippen LogP contribution in [0.1, 0.15) is 11.3 Å². The van der Waals surface area contributed by atoms with E-state index in [1.165, 1.54) is 0 Å². The fourth-order valence-corrected chi connectivity index (χ4v) is 3.07. The highest BCUT2D eigenvalue weighted by atomic mass is 35.5. The molecule has 0 radical (unpaired) electrons. The summed E-state index contributed by atoms with van der Waals surface area (Å²) < 4.78 is 1.79. The number of aliphatic hydroxyl groups is 1. The van der Waals surface area contributed by atoms with Gasteiger partial charge in [0.15, 0.2) is 0 Å². The topological polar surface area (TPSA) is 50.9 Å². The lowest BCUT2D eigenvalue weighted by atomic mass is 10.2. The summed E-state index contributed by atoms with van der Waals surface area (Å²) in [6, 6.07) is 11.6. The lowest BCUT2D eigenvalue weighted by Gasteiger charge is -2.06. The van der Waals surface area contributed by atoms with Crippen molar-refractivity contribution in [3.05, 3.63) is 58.1 Å². The molecule has 0 spiro atoms. The first-order valence-corrected chi connectivity index (χ1v) is 7.35. The quantitative estimate of drug-likeness (QED) is 0.805. The lowest BCUT2D eigenvalue weighted by Crippen LogP contribution is -2.04. The average Bonchev–Trinajstić information content (AvgIpc) is 3.07. The third kappa shape index (κ3) is 2.60. The summed E-state index contributed by atoms with van der Waals surface area (Å²) in [6.45, 7) is 0.448. The third-order valence-corrected chi connectivity index (χ3v) is 4.04. The van der Waals surface area contributed by atoms with E-state index >= 15 is 0 Å². The maximum atomic E-state index is 9.41. The minimum Gasteiger partial charge on any atom is -0.390 e. The number of hydrogen-bond acceptors (Lipinski definition) is 4. The molecule has 20 heavy (non-hydrogen) atoms. The van der Waals surface area contributed by atoms with Crippen LogP contribution in [0.4, 0.5) is 0 Å². The molecule has 0 aliphatic rings. The van der Waals surface area contributed by atoms with Crippen LogP contribution in [-0.4, -0.2) is 20.1 Å². The highest BCUT2D eigenvalue weighted by Gasteiger charge is 2.15. The van der Waals surface area contributed by atoms with E-state index in [4.69, 9.17) is 11.6 Å². The number of hydrogen-bond donors (Lipinski definition) is 1. The Morgan fingerprint density at radius 2 is 2.15 bits per heavy atom. The van der Waals surface area contributed by atoms with Crippen molar-refractivity contribution in [3.8, 4) is 10.6 Å². The standard InChI is InChI=1S/C14H12ClN3OS/c15-11-4-1-3-10(7-11)8-18-14(12(9-19)16-17-18)13-5-2-6-20-13/h1-7,19H,8-9H2. The van der Waals surface area contributed by atoms with Crippen molar-refractivity contribution in [2.24, 2.45) is 0 Å². The fourth-order valence-electron chi connectivity index (χ4n) is 2.06. The molecule has 1 N–H and O–H groups in total. The Balaban J connectivity index is 2.00.